The molecule has 1 amide bonds. The highest BCUT2D eigenvalue weighted by molar-refractivity contribution is 5.76. The van der Waals surface area contributed by atoms with E-state index in [9.17, 15) is 9.59 Å². The Kier molecular flexibility index (Phi) is 5.65. The molecular formula is C22H28N6O2. The number of rotatable bonds is 5. The molecular weight excluding hydrogens is 380 g/mol. The van der Waals surface area contributed by atoms with Crippen molar-refractivity contribution < 1.29 is 4.79 Å². The average Bonchev–Trinajstić information content (AvgIpc) is 3.14. The molecule has 3 aromatic rings. The minimum Gasteiger partial charge on any atom is -0.342 e. The van der Waals surface area contributed by atoms with Gasteiger partial charge in [-0.2, -0.15) is 0 Å². The van der Waals surface area contributed by atoms with Crippen LogP contribution in [0.2, 0.25) is 0 Å². The number of amides is 1. The molecule has 0 saturated carbocycles. The van der Waals surface area contributed by atoms with Gasteiger partial charge in [0, 0.05) is 25.4 Å². The monoisotopic (exact) mass is 408 g/mol. The fourth-order valence-corrected chi connectivity index (χ4v) is 4.11. The van der Waals surface area contributed by atoms with Crippen LogP contribution in [0, 0.1) is 13.8 Å². The lowest BCUT2D eigenvalue weighted by Crippen LogP contribution is -2.39. The Balaban J connectivity index is 1.66. The molecule has 4 rings (SSSR count). The van der Waals surface area contributed by atoms with Crippen molar-refractivity contribution in [3.05, 3.63) is 51.1 Å². The largest absolute Gasteiger partial charge is 0.342 e. The van der Waals surface area contributed by atoms with Gasteiger partial charge in [-0.1, -0.05) is 35.9 Å². The lowest BCUT2D eigenvalue weighted by Gasteiger charge is -2.32. The molecule has 0 radical (unpaired) electrons. The van der Waals surface area contributed by atoms with Gasteiger partial charge in [-0.15, -0.1) is 5.10 Å². The number of carbonyl (C=O) groups excluding carboxylic acids is 1. The minimum atomic E-state index is -0.278. The maximum absolute atomic E-state index is 12.7. The standard InChI is InChI=1S/C22H28N6O2/c1-4-6-18(29)27-10-5-7-16(12-27)20-23-21-19(22(30)24-20)25-26-28(21)13-17-11-14(2)8-9-15(17)3/h8-9,11,16H,4-7,10,12-13H2,1-3H3,(H,23,24,30)/t16-/m1/s1. The molecule has 0 unspecified atom stereocenters. The molecule has 2 aromatic heterocycles. The summed E-state index contributed by atoms with van der Waals surface area (Å²) in [6.45, 7) is 7.99. The summed E-state index contributed by atoms with van der Waals surface area (Å²) in [5, 5.41) is 8.26. The van der Waals surface area contributed by atoms with E-state index in [0.29, 0.717) is 31.0 Å². The number of carbonyl (C=O) groups is 1. The number of nitrogens with zero attached hydrogens (tertiary/aromatic N) is 5. The smallest absolute Gasteiger partial charge is 0.281 e. The number of aromatic amines is 1. The second-order valence-electron chi connectivity index (χ2n) is 8.23. The van der Waals surface area contributed by atoms with E-state index in [4.69, 9.17) is 4.98 Å². The van der Waals surface area contributed by atoms with Crippen LogP contribution >= 0.6 is 0 Å². The molecule has 8 nitrogen and oxygen atoms in total. The van der Waals surface area contributed by atoms with Crippen LogP contribution in [0.3, 0.4) is 0 Å². The zero-order valence-electron chi connectivity index (χ0n) is 17.8. The van der Waals surface area contributed by atoms with Gasteiger partial charge in [0.25, 0.3) is 5.56 Å². The van der Waals surface area contributed by atoms with E-state index in [1.54, 1.807) is 4.68 Å². The lowest BCUT2D eigenvalue weighted by molar-refractivity contribution is -0.132. The average molecular weight is 409 g/mol. The number of piperidine rings is 1. The van der Waals surface area contributed by atoms with Crippen molar-refractivity contribution in [1.29, 1.82) is 0 Å². The Hall–Kier alpha value is -3.03. The summed E-state index contributed by atoms with van der Waals surface area (Å²) in [5.41, 5.74) is 3.92. The van der Waals surface area contributed by atoms with Crippen LogP contribution in [0.5, 0.6) is 0 Å². The first-order chi connectivity index (χ1) is 14.5. The fourth-order valence-electron chi connectivity index (χ4n) is 4.11. The normalized spacial score (nSPS) is 16.9. The molecule has 1 N–H and O–H groups in total. The molecule has 1 aliphatic heterocycles. The maximum Gasteiger partial charge on any atom is 0.281 e. The van der Waals surface area contributed by atoms with Gasteiger partial charge in [0.05, 0.1) is 6.54 Å². The molecule has 0 bridgehead atoms. The molecule has 1 fully saturated rings. The summed E-state index contributed by atoms with van der Waals surface area (Å²) in [4.78, 5) is 34.5. The van der Waals surface area contributed by atoms with Crippen molar-refractivity contribution in [2.24, 2.45) is 0 Å². The number of fused-ring (bicyclic) bond motifs is 1. The second-order valence-corrected chi connectivity index (χ2v) is 8.23. The van der Waals surface area contributed by atoms with E-state index in [1.807, 2.05) is 11.8 Å². The number of hydrogen-bond acceptors (Lipinski definition) is 5. The highest BCUT2D eigenvalue weighted by Crippen LogP contribution is 2.25. The molecule has 1 aromatic carbocycles. The summed E-state index contributed by atoms with van der Waals surface area (Å²) < 4.78 is 1.69. The number of hydrogen-bond donors (Lipinski definition) is 1. The first kappa shape index (κ1) is 20.3. The van der Waals surface area contributed by atoms with Crippen LogP contribution in [0.15, 0.2) is 23.0 Å². The second kappa shape index (κ2) is 8.38. The molecule has 1 atom stereocenters. The number of aryl methyl sites for hydroxylation is 2. The van der Waals surface area contributed by atoms with Crippen LogP contribution < -0.4 is 5.56 Å². The molecule has 1 aliphatic rings. The first-order valence-electron chi connectivity index (χ1n) is 10.6. The molecule has 1 saturated heterocycles. The maximum atomic E-state index is 12.7. The number of nitrogens with one attached hydrogen (secondary N) is 1. The third-order valence-corrected chi connectivity index (χ3v) is 5.84. The summed E-state index contributed by atoms with van der Waals surface area (Å²) in [5.74, 6) is 0.805. The van der Waals surface area contributed by atoms with E-state index < -0.39 is 0 Å². The summed E-state index contributed by atoms with van der Waals surface area (Å²) in [6, 6.07) is 6.28. The quantitative estimate of drug-likeness (QED) is 0.700. The lowest BCUT2D eigenvalue weighted by atomic mass is 9.96. The van der Waals surface area contributed by atoms with Crippen LogP contribution in [-0.4, -0.2) is 48.9 Å². The van der Waals surface area contributed by atoms with Crippen LogP contribution in [0.25, 0.3) is 11.2 Å². The Morgan fingerprint density at radius 1 is 1.30 bits per heavy atom. The van der Waals surface area contributed by atoms with E-state index in [2.05, 4.69) is 47.3 Å². The van der Waals surface area contributed by atoms with Gasteiger partial charge in [-0.05, 0) is 44.2 Å². The third kappa shape index (κ3) is 3.99. The Morgan fingerprint density at radius 3 is 2.93 bits per heavy atom. The van der Waals surface area contributed by atoms with Gasteiger partial charge < -0.3 is 9.88 Å². The van der Waals surface area contributed by atoms with Gasteiger partial charge in [0.2, 0.25) is 5.91 Å². The Morgan fingerprint density at radius 2 is 2.13 bits per heavy atom. The van der Waals surface area contributed by atoms with Crippen molar-refractivity contribution in [3.8, 4) is 0 Å². The van der Waals surface area contributed by atoms with Crippen molar-refractivity contribution in [3.63, 3.8) is 0 Å². The number of benzene rings is 1. The van der Waals surface area contributed by atoms with Gasteiger partial charge in [0.15, 0.2) is 11.2 Å². The minimum absolute atomic E-state index is 0.0145. The van der Waals surface area contributed by atoms with Crippen LogP contribution in [0.4, 0.5) is 0 Å². The topological polar surface area (TPSA) is 96.8 Å². The highest BCUT2D eigenvalue weighted by atomic mass is 16.2. The molecule has 8 heteroatoms. The third-order valence-electron chi connectivity index (χ3n) is 5.84. The number of likely N-dealkylation sites (tertiary alicyclic amines) is 1. The fraction of sp³-hybridized carbons (Fsp3) is 0.500. The molecule has 0 spiro atoms. The first-order valence-corrected chi connectivity index (χ1v) is 10.6. The molecule has 158 valence electrons. The van der Waals surface area contributed by atoms with Gasteiger partial charge in [-0.3, -0.25) is 9.59 Å². The van der Waals surface area contributed by atoms with Gasteiger partial charge >= 0.3 is 0 Å². The summed E-state index contributed by atoms with van der Waals surface area (Å²) in [7, 11) is 0. The Labute approximate surface area is 175 Å². The molecule has 30 heavy (non-hydrogen) atoms. The summed E-state index contributed by atoms with van der Waals surface area (Å²) >= 11 is 0. The van der Waals surface area contributed by atoms with E-state index in [1.165, 1.54) is 5.56 Å². The van der Waals surface area contributed by atoms with E-state index in [-0.39, 0.29) is 22.9 Å². The number of aromatic nitrogens is 5. The highest BCUT2D eigenvalue weighted by Gasteiger charge is 2.27. The SMILES string of the molecule is CCCC(=O)N1CCC[C@@H](c2nc3c(nnn3Cc3cc(C)ccc3C)c(=O)[nH]2)C1. The van der Waals surface area contributed by atoms with Crippen molar-refractivity contribution in [2.75, 3.05) is 13.1 Å². The number of H-pyrrole nitrogens is 1. The van der Waals surface area contributed by atoms with Crippen molar-refractivity contribution >= 4 is 17.1 Å². The molecule has 0 aliphatic carbocycles. The van der Waals surface area contributed by atoms with Gasteiger partial charge in [-0.25, -0.2) is 9.67 Å². The van der Waals surface area contributed by atoms with Gasteiger partial charge in [0.1, 0.15) is 5.82 Å². The van der Waals surface area contributed by atoms with Crippen molar-refractivity contribution in [1.82, 2.24) is 29.9 Å². The van der Waals surface area contributed by atoms with E-state index in [0.717, 1.165) is 36.9 Å². The predicted molar refractivity (Wildman–Crippen MR) is 114 cm³/mol. The zero-order chi connectivity index (χ0) is 21.3. The zero-order valence-corrected chi connectivity index (χ0v) is 17.8. The predicted octanol–water partition coefficient (Wildman–Crippen LogP) is 2.69. The summed E-state index contributed by atoms with van der Waals surface area (Å²) in [6.07, 6.45) is 3.19. The molecule has 3 heterocycles. The Bertz CT molecular complexity index is 1130. The van der Waals surface area contributed by atoms with Crippen LogP contribution in [0.1, 0.15) is 61.0 Å². The van der Waals surface area contributed by atoms with E-state index >= 15 is 0 Å². The van der Waals surface area contributed by atoms with Crippen molar-refractivity contribution in [2.45, 2.75) is 58.9 Å². The van der Waals surface area contributed by atoms with Crippen LogP contribution in [-0.2, 0) is 11.3 Å².